The molecule has 0 N–H and O–H groups in total. The van der Waals surface area contributed by atoms with Gasteiger partial charge in [0.2, 0.25) is 11.8 Å². The van der Waals surface area contributed by atoms with Gasteiger partial charge in [-0.05, 0) is 49.8 Å². The number of carbonyl (C=O) groups excluding carboxylic acids is 2. The maximum absolute atomic E-state index is 13.4. The van der Waals surface area contributed by atoms with E-state index in [0.29, 0.717) is 31.8 Å². The largest absolute Gasteiger partial charge is 0.342 e. The van der Waals surface area contributed by atoms with Gasteiger partial charge in [0.25, 0.3) is 0 Å². The SMILES string of the molecule is O=C(Cc1cccc(F)c1)N1CC[C@@]2(CCC[C@@H]2C(=O)N2CCCCO2)C1. The van der Waals surface area contributed by atoms with E-state index in [9.17, 15) is 14.0 Å². The summed E-state index contributed by atoms with van der Waals surface area (Å²) < 4.78 is 13.4. The van der Waals surface area contributed by atoms with E-state index in [0.717, 1.165) is 38.5 Å². The average Bonchev–Trinajstić information content (AvgIpc) is 3.29. The Kier molecular flexibility index (Phi) is 5.17. The minimum atomic E-state index is -0.318. The fourth-order valence-electron chi connectivity index (χ4n) is 5.00. The molecule has 0 unspecified atom stereocenters. The van der Waals surface area contributed by atoms with Gasteiger partial charge in [0.15, 0.2) is 0 Å². The summed E-state index contributed by atoms with van der Waals surface area (Å²) in [4.78, 5) is 33.2. The maximum atomic E-state index is 13.4. The van der Waals surface area contributed by atoms with Crippen molar-refractivity contribution in [2.75, 3.05) is 26.2 Å². The molecule has 1 aromatic carbocycles. The third kappa shape index (κ3) is 3.72. The number of nitrogens with zero attached hydrogens (tertiary/aromatic N) is 2. The molecule has 2 amide bonds. The molecule has 4 rings (SSSR count). The van der Waals surface area contributed by atoms with E-state index >= 15 is 0 Å². The molecule has 2 atom stereocenters. The summed E-state index contributed by atoms with van der Waals surface area (Å²) in [5, 5.41) is 1.57. The first-order chi connectivity index (χ1) is 13.1. The summed E-state index contributed by atoms with van der Waals surface area (Å²) in [6, 6.07) is 6.21. The van der Waals surface area contributed by atoms with Gasteiger partial charge in [-0.3, -0.25) is 14.4 Å². The number of halogens is 1. The van der Waals surface area contributed by atoms with Gasteiger partial charge in [0.1, 0.15) is 5.82 Å². The highest BCUT2D eigenvalue weighted by molar-refractivity contribution is 5.81. The van der Waals surface area contributed by atoms with E-state index in [1.54, 1.807) is 17.2 Å². The van der Waals surface area contributed by atoms with Gasteiger partial charge in [-0.15, -0.1) is 0 Å². The molecule has 5 nitrogen and oxygen atoms in total. The zero-order chi connectivity index (χ0) is 18.9. The topological polar surface area (TPSA) is 49.9 Å². The number of hydroxylamine groups is 2. The summed E-state index contributed by atoms with van der Waals surface area (Å²) in [5.74, 6) is -0.250. The second-order valence-corrected chi connectivity index (χ2v) is 8.16. The van der Waals surface area contributed by atoms with Crippen LogP contribution in [0.3, 0.4) is 0 Å². The van der Waals surface area contributed by atoms with Crippen LogP contribution >= 0.6 is 0 Å². The Balaban J connectivity index is 1.42. The van der Waals surface area contributed by atoms with Gasteiger partial charge in [-0.2, -0.15) is 0 Å². The minimum absolute atomic E-state index is 0.0183. The van der Waals surface area contributed by atoms with Crippen molar-refractivity contribution in [2.24, 2.45) is 11.3 Å². The van der Waals surface area contributed by atoms with Gasteiger partial charge in [-0.25, -0.2) is 9.45 Å². The van der Waals surface area contributed by atoms with E-state index in [-0.39, 0.29) is 35.4 Å². The Labute approximate surface area is 159 Å². The van der Waals surface area contributed by atoms with Crippen LogP contribution in [0.1, 0.15) is 44.1 Å². The monoisotopic (exact) mass is 374 g/mol. The van der Waals surface area contributed by atoms with E-state index < -0.39 is 0 Å². The molecular weight excluding hydrogens is 347 g/mol. The molecule has 146 valence electrons. The summed E-state index contributed by atoms with van der Waals surface area (Å²) in [6.07, 6.45) is 5.96. The molecule has 0 radical (unpaired) electrons. The van der Waals surface area contributed by atoms with Gasteiger partial charge in [0, 0.05) is 31.0 Å². The highest BCUT2D eigenvalue weighted by atomic mass is 19.1. The zero-order valence-corrected chi connectivity index (χ0v) is 15.7. The van der Waals surface area contributed by atoms with Crippen LogP contribution in [0, 0.1) is 17.2 Å². The number of hydrogen-bond acceptors (Lipinski definition) is 3. The minimum Gasteiger partial charge on any atom is -0.342 e. The van der Waals surface area contributed by atoms with Crippen molar-refractivity contribution in [1.29, 1.82) is 0 Å². The van der Waals surface area contributed by atoms with Gasteiger partial charge >= 0.3 is 0 Å². The normalized spacial score (nSPS) is 28.1. The van der Waals surface area contributed by atoms with Crippen molar-refractivity contribution in [2.45, 2.75) is 44.9 Å². The highest BCUT2D eigenvalue weighted by Gasteiger charge is 2.52. The quantitative estimate of drug-likeness (QED) is 0.817. The first kappa shape index (κ1) is 18.4. The second-order valence-electron chi connectivity index (χ2n) is 8.16. The summed E-state index contributed by atoms with van der Waals surface area (Å²) >= 11 is 0. The van der Waals surface area contributed by atoms with Crippen molar-refractivity contribution in [3.05, 3.63) is 35.6 Å². The van der Waals surface area contributed by atoms with Crippen LogP contribution in [0.5, 0.6) is 0 Å². The van der Waals surface area contributed by atoms with Crippen LogP contribution < -0.4 is 0 Å². The predicted octanol–water partition coefficient (Wildman–Crippen LogP) is 2.94. The van der Waals surface area contributed by atoms with Crippen molar-refractivity contribution < 1.29 is 18.8 Å². The van der Waals surface area contributed by atoms with Crippen LogP contribution in [0.25, 0.3) is 0 Å². The molecule has 27 heavy (non-hydrogen) atoms. The molecule has 1 saturated carbocycles. The lowest BCUT2D eigenvalue weighted by Gasteiger charge is -2.35. The Hall–Kier alpha value is -1.95. The number of carbonyl (C=O) groups is 2. The number of benzene rings is 1. The number of amides is 2. The third-order valence-electron chi connectivity index (χ3n) is 6.44. The molecule has 1 aliphatic carbocycles. The fraction of sp³-hybridized carbons (Fsp3) is 0.619. The number of likely N-dealkylation sites (tertiary alicyclic amines) is 1. The summed E-state index contributed by atoms with van der Waals surface area (Å²) in [6.45, 7) is 2.60. The molecule has 3 fully saturated rings. The number of hydrogen-bond donors (Lipinski definition) is 0. The molecule has 2 aliphatic heterocycles. The smallest absolute Gasteiger partial charge is 0.249 e. The Morgan fingerprint density at radius 2 is 2.07 bits per heavy atom. The third-order valence-corrected chi connectivity index (χ3v) is 6.44. The lowest BCUT2D eigenvalue weighted by atomic mass is 9.76. The molecule has 1 aromatic rings. The molecule has 0 aromatic heterocycles. The summed E-state index contributed by atoms with van der Waals surface area (Å²) in [5.41, 5.74) is 0.580. The fourth-order valence-corrected chi connectivity index (χ4v) is 5.00. The van der Waals surface area contributed by atoms with Crippen LogP contribution in [-0.2, 0) is 20.8 Å². The van der Waals surface area contributed by atoms with Gasteiger partial charge < -0.3 is 4.90 Å². The Bertz CT molecular complexity index is 719. The average molecular weight is 374 g/mol. The van der Waals surface area contributed by atoms with E-state index in [4.69, 9.17) is 4.84 Å². The van der Waals surface area contributed by atoms with Gasteiger partial charge in [-0.1, -0.05) is 18.6 Å². The van der Waals surface area contributed by atoms with Crippen molar-refractivity contribution in [1.82, 2.24) is 9.96 Å². The molecular formula is C21H27FN2O3. The highest BCUT2D eigenvalue weighted by Crippen LogP contribution is 2.50. The van der Waals surface area contributed by atoms with E-state index in [2.05, 4.69) is 0 Å². The number of rotatable bonds is 3. The predicted molar refractivity (Wildman–Crippen MR) is 98.0 cm³/mol. The van der Waals surface area contributed by atoms with Crippen molar-refractivity contribution >= 4 is 11.8 Å². The van der Waals surface area contributed by atoms with Crippen LogP contribution in [0.15, 0.2) is 24.3 Å². The Morgan fingerprint density at radius 3 is 2.85 bits per heavy atom. The van der Waals surface area contributed by atoms with E-state index in [1.807, 2.05) is 4.90 Å². The van der Waals surface area contributed by atoms with Crippen molar-refractivity contribution in [3.8, 4) is 0 Å². The first-order valence-corrected chi connectivity index (χ1v) is 10.0. The summed E-state index contributed by atoms with van der Waals surface area (Å²) in [7, 11) is 0. The first-order valence-electron chi connectivity index (χ1n) is 10.0. The molecule has 0 bridgehead atoms. The second kappa shape index (κ2) is 7.58. The Morgan fingerprint density at radius 1 is 1.19 bits per heavy atom. The van der Waals surface area contributed by atoms with Crippen LogP contribution in [0.2, 0.25) is 0 Å². The standard InChI is InChI=1S/C21H27FN2O3/c22-17-6-3-5-16(13-17)14-19(25)23-11-9-21(15-23)8-4-7-18(21)20(26)24-10-1-2-12-27-24/h3,5-6,13,18H,1-2,4,7-12,14-15H2/t18-,21+/m1/s1. The van der Waals surface area contributed by atoms with E-state index in [1.165, 1.54) is 12.1 Å². The lowest BCUT2D eigenvalue weighted by molar-refractivity contribution is -0.204. The molecule has 3 aliphatic rings. The maximum Gasteiger partial charge on any atom is 0.249 e. The molecule has 6 heteroatoms. The zero-order valence-electron chi connectivity index (χ0n) is 15.7. The van der Waals surface area contributed by atoms with Crippen molar-refractivity contribution in [3.63, 3.8) is 0 Å². The lowest BCUT2D eigenvalue weighted by Crippen LogP contribution is -2.45. The molecule has 1 spiro atoms. The molecule has 2 saturated heterocycles. The van der Waals surface area contributed by atoms with Crippen LogP contribution in [0.4, 0.5) is 4.39 Å². The van der Waals surface area contributed by atoms with Crippen LogP contribution in [-0.4, -0.2) is 48.0 Å². The van der Waals surface area contributed by atoms with Gasteiger partial charge in [0.05, 0.1) is 13.0 Å². The molecule has 2 heterocycles.